The molecule has 1 rings (SSSR count). The van der Waals surface area contributed by atoms with Gasteiger partial charge in [0.1, 0.15) is 12.3 Å². The van der Waals surface area contributed by atoms with Crippen LogP contribution in [0.3, 0.4) is 0 Å². The molecule has 2 N–H and O–H groups in total. The molecule has 0 radical (unpaired) electrons. The fourth-order valence-electron chi connectivity index (χ4n) is 1.67. The zero-order valence-electron chi connectivity index (χ0n) is 14.0. The highest BCUT2D eigenvalue weighted by molar-refractivity contribution is 5.96. The molecule has 0 spiro atoms. The van der Waals surface area contributed by atoms with E-state index in [2.05, 4.69) is 10.3 Å². The number of ether oxygens (including phenoxy) is 1. The third-order valence-electron chi connectivity index (χ3n) is 3.46. The van der Waals surface area contributed by atoms with Crippen molar-refractivity contribution in [3.63, 3.8) is 0 Å². The minimum absolute atomic E-state index is 0.0118. The molecule has 0 saturated carbocycles. The predicted octanol–water partition coefficient (Wildman–Crippen LogP) is 3.38. The number of rotatable bonds is 7. The molecule has 1 amide bonds. The number of benzene rings is 1. The van der Waals surface area contributed by atoms with Gasteiger partial charge in [-0.1, -0.05) is 13.8 Å². The molecule has 0 bridgehead atoms. The van der Waals surface area contributed by atoms with Crippen LogP contribution in [0.25, 0.3) is 0 Å². The number of carboxylic acid groups (broad SMARTS) is 1. The molecule has 0 fully saturated rings. The quantitative estimate of drug-likeness (QED) is 0.730. The van der Waals surface area contributed by atoms with Crippen molar-refractivity contribution in [3.05, 3.63) is 23.8 Å². The summed E-state index contributed by atoms with van der Waals surface area (Å²) in [6.45, 7) is 1.74. The summed E-state index contributed by atoms with van der Waals surface area (Å²) in [6.07, 6.45) is -3.64. The lowest BCUT2D eigenvalue weighted by Gasteiger charge is -2.25. The van der Waals surface area contributed by atoms with Crippen LogP contribution >= 0.6 is 0 Å². The number of nitrogens with one attached hydrogen (secondary N) is 1. The number of carbonyl (C=O) groups is 2. The normalized spacial score (nSPS) is 12.2. The summed E-state index contributed by atoms with van der Waals surface area (Å²) < 4.78 is 43.1. The molecule has 1 aromatic carbocycles. The molecule has 25 heavy (non-hydrogen) atoms. The lowest BCUT2D eigenvalue weighted by Crippen LogP contribution is -2.32. The molecule has 0 heterocycles. The Morgan fingerprint density at radius 1 is 1.32 bits per heavy atom. The number of anilines is 1. The Morgan fingerprint density at radius 2 is 1.96 bits per heavy atom. The van der Waals surface area contributed by atoms with E-state index in [1.165, 1.54) is 25.3 Å². The lowest BCUT2D eigenvalue weighted by molar-refractivity contribution is -0.208. The van der Waals surface area contributed by atoms with Gasteiger partial charge in [-0.05, 0) is 24.6 Å². The van der Waals surface area contributed by atoms with Gasteiger partial charge in [0.05, 0.1) is 23.8 Å². The van der Waals surface area contributed by atoms with Crippen molar-refractivity contribution in [2.24, 2.45) is 10.4 Å². The molecule has 0 unspecified atom stereocenters. The summed E-state index contributed by atoms with van der Waals surface area (Å²) >= 11 is 0. The molecular weight excluding hydrogens is 341 g/mol. The van der Waals surface area contributed by atoms with Crippen molar-refractivity contribution in [1.29, 1.82) is 0 Å². The van der Waals surface area contributed by atoms with E-state index >= 15 is 0 Å². The van der Waals surface area contributed by atoms with Crippen molar-refractivity contribution >= 4 is 23.8 Å². The highest BCUT2D eigenvalue weighted by atomic mass is 19.4. The van der Waals surface area contributed by atoms with Crippen LogP contribution in [0.1, 0.15) is 30.6 Å². The van der Waals surface area contributed by atoms with E-state index in [1.54, 1.807) is 0 Å². The number of hydrogen-bond donors (Lipinski definition) is 2. The van der Waals surface area contributed by atoms with Gasteiger partial charge in [0, 0.05) is 6.21 Å². The van der Waals surface area contributed by atoms with Gasteiger partial charge in [0.25, 0.3) is 0 Å². The number of halogens is 3. The maximum Gasteiger partial charge on any atom is 0.394 e. The summed E-state index contributed by atoms with van der Waals surface area (Å²) in [4.78, 5) is 26.4. The highest BCUT2D eigenvalue weighted by Gasteiger charge is 2.46. The fourth-order valence-corrected chi connectivity index (χ4v) is 1.67. The van der Waals surface area contributed by atoms with Crippen LogP contribution < -0.4 is 10.1 Å². The Morgan fingerprint density at radius 3 is 2.48 bits per heavy atom. The van der Waals surface area contributed by atoms with Crippen LogP contribution in [0.2, 0.25) is 0 Å². The second kappa shape index (κ2) is 8.00. The molecule has 6 nitrogen and oxygen atoms in total. The number of methoxy groups -OCH3 is 1. The molecule has 0 aliphatic heterocycles. The molecule has 1 aromatic rings. The molecule has 9 heteroatoms. The minimum atomic E-state index is -4.36. The average molecular weight is 360 g/mol. The number of aromatic carboxylic acids is 1. The molecular formula is C16H19F3N2O4. The van der Waals surface area contributed by atoms with Gasteiger partial charge in [0.2, 0.25) is 5.91 Å². The van der Waals surface area contributed by atoms with Crippen molar-refractivity contribution in [1.82, 2.24) is 0 Å². The topological polar surface area (TPSA) is 88.0 Å². The van der Waals surface area contributed by atoms with Crippen LogP contribution in [0.15, 0.2) is 23.2 Å². The zero-order chi connectivity index (χ0) is 19.3. The zero-order valence-corrected chi connectivity index (χ0v) is 14.0. The van der Waals surface area contributed by atoms with E-state index in [0.717, 1.165) is 20.1 Å². The molecule has 0 atom stereocenters. The Bertz CT molecular complexity index is 670. The van der Waals surface area contributed by atoms with Gasteiger partial charge in [0.15, 0.2) is 0 Å². The predicted molar refractivity (Wildman–Crippen MR) is 86.4 cm³/mol. The number of carboxylic acids is 1. The minimum Gasteiger partial charge on any atom is -0.495 e. The number of carbonyl (C=O) groups excluding carboxylic acids is 1. The first-order valence-corrected chi connectivity index (χ1v) is 7.24. The first kappa shape index (κ1) is 20.5. The van der Waals surface area contributed by atoms with Crippen LogP contribution in [0.5, 0.6) is 5.75 Å². The largest absolute Gasteiger partial charge is 0.495 e. The molecule has 0 saturated heterocycles. The highest BCUT2D eigenvalue weighted by Crippen LogP contribution is 2.39. The molecule has 0 aromatic heterocycles. The maximum absolute atomic E-state index is 12.7. The van der Waals surface area contributed by atoms with Crippen molar-refractivity contribution < 1.29 is 32.6 Å². The number of aliphatic imine (C=N–C) groups is 1. The second-order valence-corrected chi connectivity index (χ2v) is 5.88. The monoisotopic (exact) mass is 360 g/mol. The summed E-state index contributed by atoms with van der Waals surface area (Å²) in [5.74, 6) is -1.56. The molecule has 0 aliphatic rings. The first-order chi connectivity index (χ1) is 11.5. The Kier molecular flexibility index (Phi) is 6.55. The standard InChI is InChI=1S/C16H19F3N2O4/c1-15(2,16(17,18)19)6-7-20-9-13(22)21-11-5-4-10(14(23)24)8-12(11)25-3/h4-5,7-8H,6,9H2,1-3H3,(H,21,22)(H,23,24). The van der Waals surface area contributed by atoms with Gasteiger partial charge in [-0.3, -0.25) is 9.79 Å². The Hall–Kier alpha value is -2.58. The average Bonchev–Trinajstić information content (AvgIpc) is 2.50. The van der Waals surface area contributed by atoms with Crippen LogP contribution in [-0.4, -0.2) is 43.0 Å². The first-order valence-electron chi connectivity index (χ1n) is 7.24. The van der Waals surface area contributed by atoms with E-state index in [4.69, 9.17) is 9.84 Å². The maximum atomic E-state index is 12.7. The lowest BCUT2D eigenvalue weighted by atomic mass is 9.89. The molecule has 0 aliphatic carbocycles. The van der Waals surface area contributed by atoms with Gasteiger partial charge in [-0.15, -0.1) is 0 Å². The van der Waals surface area contributed by atoms with Gasteiger partial charge < -0.3 is 15.2 Å². The summed E-state index contributed by atoms with van der Waals surface area (Å²) in [5, 5.41) is 11.4. The van der Waals surface area contributed by atoms with E-state index in [1.807, 2.05) is 0 Å². The molecule has 138 valence electrons. The van der Waals surface area contributed by atoms with Crippen molar-refractivity contribution in [2.75, 3.05) is 19.0 Å². The second-order valence-electron chi connectivity index (χ2n) is 5.88. The SMILES string of the molecule is COc1cc(C(=O)O)ccc1NC(=O)CN=CCC(C)(C)C(F)(F)F. The van der Waals surface area contributed by atoms with Crippen LogP contribution in [-0.2, 0) is 4.79 Å². The number of hydrogen-bond acceptors (Lipinski definition) is 4. The smallest absolute Gasteiger partial charge is 0.394 e. The van der Waals surface area contributed by atoms with Crippen LogP contribution in [0, 0.1) is 5.41 Å². The van der Waals surface area contributed by atoms with Crippen LogP contribution in [0.4, 0.5) is 18.9 Å². The van der Waals surface area contributed by atoms with E-state index in [9.17, 15) is 22.8 Å². The third kappa shape index (κ3) is 5.77. The summed E-state index contributed by atoms with van der Waals surface area (Å²) in [6, 6.07) is 3.89. The van der Waals surface area contributed by atoms with Gasteiger partial charge >= 0.3 is 12.1 Å². The summed E-state index contributed by atoms with van der Waals surface area (Å²) in [5.41, 5.74) is -1.70. The number of nitrogens with zero attached hydrogens (tertiary/aromatic N) is 1. The number of amides is 1. The van der Waals surface area contributed by atoms with Gasteiger partial charge in [-0.25, -0.2) is 4.79 Å². The van der Waals surface area contributed by atoms with E-state index in [-0.39, 0.29) is 30.0 Å². The fraction of sp³-hybridized carbons (Fsp3) is 0.438. The van der Waals surface area contributed by atoms with Gasteiger partial charge in [-0.2, -0.15) is 13.2 Å². The Labute approximate surface area is 142 Å². The Balaban J connectivity index is 2.66. The van der Waals surface area contributed by atoms with E-state index < -0.39 is 23.5 Å². The van der Waals surface area contributed by atoms with Crippen molar-refractivity contribution in [2.45, 2.75) is 26.4 Å². The van der Waals surface area contributed by atoms with Crippen molar-refractivity contribution in [3.8, 4) is 5.75 Å². The van der Waals surface area contributed by atoms with E-state index in [0.29, 0.717) is 0 Å². The number of alkyl halides is 3. The third-order valence-corrected chi connectivity index (χ3v) is 3.46. The summed E-state index contributed by atoms with van der Waals surface area (Å²) in [7, 11) is 1.31.